The van der Waals surface area contributed by atoms with Crippen LogP contribution in [0.2, 0.25) is 0 Å². The molecule has 1 unspecified atom stereocenters. The fourth-order valence-corrected chi connectivity index (χ4v) is 2.59. The summed E-state index contributed by atoms with van der Waals surface area (Å²) in [4.78, 5) is 15.7. The summed E-state index contributed by atoms with van der Waals surface area (Å²) in [6, 6.07) is 4.00. The van der Waals surface area contributed by atoms with Crippen LogP contribution in [-0.4, -0.2) is 16.1 Å². The molecule has 2 heterocycles. The standard InChI is InChI=1S/C11H11NO2S/c1-7(4-11(13)14)9-5-8-2-3-12-6-10(8)15-9/h2-3,5-7H,4H2,1H3,(H,13,14). The Morgan fingerprint density at radius 1 is 1.67 bits per heavy atom. The van der Waals surface area contributed by atoms with Gasteiger partial charge in [-0.05, 0) is 17.5 Å². The van der Waals surface area contributed by atoms with Crippen molar-refractivity contribution in [2.75, 3.05) is 0 Å². The zero-order chi connectivity index (χ0) is 10.8. The molecule has 0 aliphatic carbocycles. The lowest BCUT2D eigenvalue weighted by Gasteiger charge is -2.03. The van der Waals surface area contributed by atoms with Crippen LogP contribution in [0.4, 0.5) is 0 Å². The maximum Gasteiger partial charge on any atom is 0.303 e. The van der Waals surface area contributed by atoms with Gasteiger partial charge in [-0.15, -0.1) is 11.3 Å². The third-order valence-electron chi connectivity index (χ3n) is 2.31. The SMILES string of the molecule is CC(CC(=O)O)c1cc2ccncc2s1. The fraction of sp³-hybridized carbons (Fsp3) is 0.273. The van der Waals surface area contributed by atoms with Gasteiger partial charge in [-0.1, -0.05) is 6.92 Å². The third kappa shape index (κ3) is 2.15. The van der Waals surface area contributed by atoms with Crippen LogP contribution in [0.3, 0.4) is 0 Å². The van der Waals surface area contributed by atoms with E-state index in [1.807, 2.05) is 19.2 Å². The number of carbonyl (C=O) groups is 1. The molecule has 0 saturated heterocycles. The molecule has 1 atom stereocenters. The van der Waals surface area contributed by atoms with E-state index in [4.69, 9.17) is 5.11 Å². The van der Waals surface area contributed by atoms with E-state index in [1.54, 1.807) is 17.5 Å². The second kappa shape index (κ2) is 3.98. The third-order valence-corrected chi connectivity index (χ3v) is 3.63. The smallest absolute Gasteiger partial charge is 0.303 e. The first-order chi connectivity index (χ1) is 7.16. The van der Waals surface area contributed by atoms with Crippen molar-refractivity contribution in [3.63, 3.8) is 0 Å². The number of rotatable bonds is 3. The summed E-state index contributed by atoms with van der Waals surface area (Å²) in [7, 11) is 0. The fourth-order valence-electron chi connectivity index (χ4n) is 1.51. The van der Waals surface area contributed by atoms with Gasteiger partial charge >= 0.3 is 5.97 Å². The lowest BCUT2D eigenvalue weighted by molar-refractivity contribution is -0.137. The van der Waals surface area contributed by atoms with Gasteiger partial charge in [0.2, 0.25) is 0 Å². The van der Waals surface area contributed by atoms with Crippen molar-refractivity contribution in [1.29, 1.82) is 0 Å². The van der Waals surface area contributed by atoms with E-state index < -0.39 is 5.97 Å². The molecule has 0 amide bonds. The number of carboxylic acid groups (broad SMARTS) is 1. The molecule has 0 aromatic carbocycles. The quantitative estimate of drug-likeness (QED) is 0.867. The van der Waals surface area contributed by atoms with E-state index in [-0.39, 0.29) is 12.3 Å². The number of hydrogen-bond acceptors (Lipinski definition) is 3. The average molecular weight is 221 g/mol. The van der Waals surface area contributed by atoms with E-state index in [1.165, 1.54) is 0 Å². The molecule has 4 heteroatoms. The highest BCUT2D eigenvalue weighted by atomic mass is 32.1. The highest BCUT2D eigenvalue weighted by molar-refractivity contribution is 7.19. The van der Waals surface area contributed by atoms with E-state index in [2.05, 4.69) is 11.1 Å². The second-order valence-electron chi connectivity index (χ2n) is 3.56. The molecule has 3 nitrogen and oxygen atoms in total. The molecule has 15 heavy (non-hydrogen) atoms. The second-order valence-corrected chi connectivity index (χ2v) is 4.68. The predicted octanol–water partition coefficient (Wildman–Crippen LogP) is 2.87. The van der Waals surface area contributed by atoms with Gasteiger partial charge in [0.1, 0.15) is 0 Å². The van der Waals surface area contributed by atoms with E-state index in [0.717, 1.165) is 15.0 Å². The lowest BCUT2D eigenvalue weighted by Crippen LogP contribution is -2.00. The summed E-state index contributed by atoms with van der Waals surface area (Å²) >= 11 is 1.62. The summed E-state index contributed by atoms with van der Waals surface area (Å²) in [5.41, 5.74) is 0. The molecule has 78 valence electrons. The minimum Gasteiger partial charge on any atom is -0.481 e. The van der Waals surface area contributed by atoms with Gasteiger partial charge in [0, 0.05) is 23.2 Å². The van der Waals surface area contributed by atoms with Crippen molar-refractivity contribution in [3.8, 4) is 0 Å². The Hall–Kier alpha value is -1.42. The molecule has 0 aliphatic rings. The van der Waals surface area contributed by atoms with Crippen molar-refractivity contribution in [2.45, 2.75) is 19.3 Å². The predicted molar refractivity (Wildman–Crippen MR) is 60.3 cm³/mol. The molecule has 0 bridgehead atoms. The summed E-state index contributed by atoms with van der Waals surface area (Å²) < 4.78 is 1.12. The van der Waals surface area contributed by atoms with Crippen LogP contribution in [0.1, 0.15) is 24.1 Å². The molecule has 0 aliphatic heterocycles. The largest absolute Gasteiger partial charge is 0.481 e. The first-order valence-corrected chi connectivity index (χ1v) is 5.53. The Morgan fingerprint density at radius 3 is 3.13 bits per heavy atom. The summed E-state index contributed by atoms with van der Waals surface area (Å²) in [5, 5.41) is 9.85. The zero-order valence-corrected chi connectivity index (χ0v) is 9.12. The van der Waals surface area contributed by atoms with Crippen molar-refractivity contribution < 1.29 is 9.90 Å². The van der Waals surface area contributed by atoms with E-state index >= 15 is 0 Å². The van der Waals surface area contributed by atoms with Crippen molar-refractivity contribution in [3.05, 3.63) is 29.4 Å². The van der Waals surface area contributed by atoms with Gasteiger partial charge in [-0.2, -0.15) is 0 Å². The molecule has 2 rings (SSSR count). The van der Waals surface area contributed by atoms with Crippen molar-refractivity contribution in [2.24, 2.45) is 0 Å². The van der Waals surface area contributed by atoms with Crippen molar-refractivity contribution >= 4 is 27.4 Å². The van der Waals surface area contributed by atoms with Gasteiger partial charge in [-0.25, -0.2) is 0 Å². The number of carboxylic acids is 1. The molecular weight excluding hydrogens is 210 g/mol. The van der Waals surface area contributed by atoms with E-state index in [0.29, 0.717) is 0 Å². The van der Waals surface area contributed by atoms with Crippen LogP contribution in [0.25, 0.3) is 10.1 Å². The molecule has 0 saturated carbocycles. The topological polar surface area (TPSA) is 50.2 Å². The molecule has 0 spiro atoms. The first-order valence-electron chi connectivity index (χ1n) is 4.72. The Balaban J connectivity index is 2.32. The Kier molecular flexibility index (Phi) is 2.68. The average Bonchev–Trinajstić information content (AvgIpc) is 2.59. The van der Waals surface area contributed by atoms with Crippen LogP contribution in [0.5, 0.6) is 0 Å². The van der Waals surface area contributed by atoms with Gasteiger partial charge in [0.15, 0.2) is 0 Å². The van der Waals surface area contributed by atoms with Crippen LogP contribution in [0.15, 0.2) is 24.5 Å². The lowest BCUT2D eigenvalue weighted by atomic mass is 10.1. The molecular formula is C11H11NO2S. The molecule has 1 N–H and O–H groups in total. The summed E-state index contributed by atoms with van der Waals surface area (Å²) in [6.45, 7) is 1.94. The Morgan fingerprint density at radius 2 is 2.47 bits per heavy atom. The molecule has 0 fully saturated rings. The number of hydrogen-bond donors (Lipinski definition) is 1. The van der Waals surface area contributed by atoms with Gasteiger partial charge in [0.25, 0.3) is 0 Å². The monoisotopic (exact) mass is 221 g/mol. The van der Waals surface area contributed by atoms with Crippen molar-refractivity contribution in [1.82, 2.24) is 4.98 Å². The highest BCUT2D eigenvalue weighted by Crippen LogP contribution is 2.31. The maximum atomic E-state index is 10.6. The number of nitrogens with zero attached hydrogens (tertiary/aromatic N) is 1. The maximum absolute atomic E-state index is 10.6. The van der Waals surface area contributed by atoms with Crippen LogP contribution >= 0.6 is 11.3 Å². The Bertz CT molecular complexity index is 459. The minimum absolute atomic E-state index is 0.0694. The number of fused-ring (bicyclic) bond motifs is 1. The number of thiophene rings is 1. The summed E-state index contributed by atoms with van der Waals surface area (Å²) in [6.07, 6.45) is 3.75. The highest BCUT2D eigenvalue weighted by Gasteiger charge is 2.12. The normalized spacial score (nSPS) is 12.9. The van der Waals surface area contributed by atoms with E-state index in [9.17, 15) is 4.79 Å². The van der Waals surface area contributed by atoms with Gasteiger partial charge in [0.05, 0.1) is 11.1 Å². The number of aliphatic carboxylic acids is 1. The zero-order valence-electron chi connectivity index (χ0n) is 8.30. The number of aromatic nitrogens is 1. The first kappa shape index (κ1) is 10.1. The van der Waals surface area contributed by atoms with Gasteiger partial charge < -0.3 is 5.11 Å². The summed E-state index contributed by atoms with van der Waals surface area (Å²) in [5.74, 6) is -0.682. The van der Waals surface area contributed by atoms with Gasteiger partial charge in [-0.3, -0.25) is 9.78 Å². The molecule has 0 radical (unpaired) electrons. The van der Waals surface area contributed by atoms with Crippen LogP contribution in [0, 0.1) is 0 Å². The Labute approximate surface area is 91.4 Å². The molecule has 2 aromatic heterocycles. The van der Waals surface area contributed by atoms with Crippen LogP contribution in [-0.2, 0) is 4.79 Å². The minimum atomic E-state index is -0.752. The van der Waals surface area contributed by atoms with Crippen LogP contribution < -0.4 is 0 Å². The molecule has 2 aromatic rings. The number of pyridine rings is 1.